The van der Waals surface area contributed by atoms with Crippen LogP contribution in [-0.4, -0.2) is 11.2 Å². The first-order valence-electron chi connectivity index (χ1n) is 4.42. The third-order valence-electron chi connectivity index (χ3n) is 1.97. The number of aliphatic hydroxyl groups excluding tert-OH is 1. The monoisotopic (exact) mass is 198 g/mol. The van der Waals surface area contributed by atoms with Gasteiger partial charge >= 0.3 is 0 Å². The van der Waals surface area contributed by atoms with Crippen LogP contribution in [0.2, 0.25) is 0 Å². The van der Waals surface area contributed by atoms with Crippen LogP contribution in [0.15, 0.2) is 42.5 Å². The van der Waals surface area contributed by atoms with E-state index in [2.05, 4.69) is 0 Å². The zero-order valence-electron chi connectivity index (χ0n) is 7.66. The smallest absolute Gasteiger partial charge is 0.156 e. The quantitative estimate of drug-likeness (QED) is 0.788. The molecule has 0 spiro atoms. The number of hydrogen-bond acceptors (Lipinski definition) is 1. The van der Waals surface area contributed by atoms with Gasteiger partial charge in [0.25, 0.3) is 0 Å². The minimum atomic E-state index is -1.33. The first-order chi connectivity index (χ1) is 6.74. The predicted molar refractivity (Wildman–Crippen MR) is 51.1 cm³/mol. The summed E-state index contributed by atoms with van der Waals surface area (Å²) in [6.45, 7) is 0. The normalized spacial score (nSPS) is 14.1. The molecule has 0 saturated heterocycles. The molecule has 0 aromatic heterocycles. The maximum atomic E-state index is 12.5. The Morgan fingerprint density at radius 1 is 1.36 bits per heavy atom. The van der Waals surface area contributed by atoms with Gasteiger partial charge < -0.3 is 5.11 Å². The fourth-order valence-corrected chi connectivity index (χ4v) is 1.16. The molecule has 1 aromatic rings. The summed E-state index contributed by atoms with van der Waals surface area (Å²) >= 11 is 0. The molecule has 0 aliphatic rings. The third-order valence-corrected chi connectivity index (χ3v) is 1.97. The second-order valence-electron chi connectivity index (χ2n) is 3.03. The number of aryl methyl sites for hydroxylation is 1. The van der Waals surface area contributed by atoms with E-state index in [1.807, 2.05) is 30.3 Å². The van der Waals surface area contributed by atoms with Gasteiger partial charge in [0.1, 0.15) is 12.4 Å². The highest BCUT2D eigenvalue weighted by molar-refractivity contribution is 5.15. The first kappa shape index (κ1) is 10.9. The molecule has 0 aliphatic heterocycles. The lowest BCUT2D eigenvalue weighted by Gasteiger charge is -2.06. The van der Waals surface area contributed by atoms with Crippen LogP contribution in [0.25, 0.3) is 0 Å². The molecule has 0 unspecified atom stereocenters. The van der Waals surface area contributed by atoms with E-state index in [0.29, 0.717) is 6.42 Å². The van der Waals surface area contributed by atoms with Crippen molar-refractivity contribution < 1.29 is 13.9 Å². The van der Waals surface area contributed by atoms with Crippen molar-refractivity contribution in [2.75, 3.05) is 0 Å². The molecule has 0 radical (unpaired) electrons. The van der Waals surface area contributed by atoms with Crippen LogP contribution in [0, 0.1) is 0 Å². The number of benzene rings is 1. The topological polar surface area (TPSA) is 20.2 Å². The summed E-state index contributed by atoms with van der Waals surface area (Å²) in [5.74, 6) is -1.11. The van der Waals surface area contributed by atoms with Gasteiger partial charge in [-0.3, -0.25) is 0 Å². The van der Waals surface area contributed by atoms with Crippen molar-refractivity contribution in [3.63, 3.8) is 0 Å². The standard InChI is InChI=1S/C11H12F2O/c12-8-10(13)11(14)7-6-9-4-2-1-3-5-9/h1-5,8,11,14H,6-7H2/b10-8-/t11-/m1/s1. The highest BCUT2D eigenvalue weighted by Gasteiger charge is 2.10. The number of hydrogen-bond donors (Lipinski definition) is 1. The van der Waals surface area contributed by atoms with E-state index in [9.17, 15) is 8.78 Å². The summed E-state index contributed by atoms with van der Waals surface area (Å²) in [4.78, 5) is 0. The maximum Gasteiger partial charge on any atom is 0.156 e. The Morgan fingerprint density at radius 2 is 2.00 bits per heavy atom. The predicted octanol–water partition coefficient (Wildman–Crippen LogP) is 2.76. The minimum absolute atomic E-state index is 0.191. The van der Waals surface area contributed by atoms with E-state index in [0.717, 1.165) is 5.56 Å². The van der Waals surface area contributed by atoms with Gasteiger partial charge in [-0.2, -0.15) is 0 Å². The van der Waals surface area contributed by atoms with E-state index >= 15 is 0 Å². The first-order valence-corrected chi connectivity index (χ1v) is 4.42. The van der Waals surface area contributed by atoms with Gasteiger partial charge in [0.15, 0.2) is 5.83 Å². The van der Waals surface area contributed by atoms with Gasteiger partial charge in [-0.15, -0.1) is 0 Å². The molecule has 0 fully saturated rings. The molecule has 14 heavy (non-hydrogen) atoms. The Balaban J connectivity index is 2.42. The van der Waals surface area contributed by atoms with Crippen molar-refractivity contribution >= 4 is 0 Å². The molecule has 0 amide bonds. The lowest BCUT2D eigenvalue weighted by molar-refractivity contribution is 0.170. The van der Waals surface area contributed by atoms with Crippen LogP contribution in [0.5, 0.6) is 0 Å². The largest absolute Gasteiger partial charge is 0.386 e. The van der Waals surface area contributed by atoms with Gasteiger partial charge in [0.05, 0.1) is 0 Å². The van der Waals surface area contributed by atoms with E-state index in [1.165, 1.54) is 0 Å². The van der Waals surface area contributed by atoms with Gasteiger partial charge in [-0.25, -0.2) is 8.78 Å². The van der Waals surface area contributed by atoms with Crippen LogP contribution < -0.4 is 0 Å². The molecule has 1 N–H and O–H groups in total. The second-order valence-corrected chi connectivity index (χ2v) is 3.03. The van der Waals surface area contributed by atoms with Crippen LogP contribution in [0.1, 0.15) is 12.0 Å². The molecule has 1 aromatic carbocycles. The molecule has 76 valence electrons. The van der Waals surface area contributed by atoms with Crippen molar-refractivity contribution in [2.45, 2.75) is 18.9 Å². The summed E-state index contributed by atoms with van der Waals surface area (Å²) in [7, 11) is 0. The third kappa shape index (κ3) is 3.26. The Bertz CT molecular complexity index is 295. The molecule has 1 nitrogen and oxygen atoms in total. The van der Waals surface area contributed by atoms with Crippen LogP contribution >= 0.6 is 0 Å². The van der Waals surface area contributed by atoms with E-state index < -0.39 is 11.9 Å². The van der Waals surface area contributed by atoms with Gasteiger partial charge in [0, 0.05) is 0 Å². The van der Waals surface area contributed by atoms with Crippen LogP contribution in [0.4, 0.5) is 8.78 Å². The minimum Gasteiger partial charge on any atom is -0.386 e. The molecular weight excluding hydrogens is 186 g/mol. The molecule has 0 bridgehead atoms. The summed E-state index contributed by atoms with van der Waals surface area (Å²) in [6.07, 6.45) is -0.810. The van der Waals surface area contributed by atoms with Gasteiger partial charge in [-0.05, 0) is 18.4 Å². The van der Waals surface area contributed by atoms with Crippen LogP contribution in [-0.2, 0) is 6.42 Å². The number of halogens is 2. The van der Waals surface area contributed by atoms with Gasteiger partial charge in [0.2, 0.25) is 0 Å². The highest BCUT2D eigenvalue weighted by atomic mass is 19.2. The zero-order valence-corrected chi connectivity index (χ0v) is 7.66. The average molecular weight is 198 g/mol. The van der Waals surface area contributed by atoms with Crippen molar-refractivity contribution in [3.8, 4) is 0 Å². The highest BCUT2D eigenvalue weighted by Crippen LogP contribution is 2.12. The number of rotatable bonds is 4. The Labute approximate surface area is 81.7 Å². The fourth-order valence-electron chi connectivity index (χ4n) is 1.16. The molecule has 0 aliphatic carbocycles. The van der Waals surface area contributed by atoms with E-state index in [4.69, 9.17) is 5.11 Å². The Morgan fingerprint density at radius 3 is 2.57 bits per heavy atom. The molecule has 0 heterocycles. The molecule has 3 heteroatoms. The van der Waals surface area contributed by atoms with E-state index in [-0.39, 0.29) is 12.8 Å². The van der Waals surface area contributed by atoms with Crippen molar-refractivity contribution in [1.29, 1.82) is 0 Å². The summed E-state index contributed by atoms with van der Waals surface area (Å²) < 4.78 is 24.1. The summed E-state index contributed by atoms with van der Waals surface area (Å²) in [6, 6.07) is 9.36. The summed E-state index contributed by atoms with van der Waals surface area (Å²) in [5.41, 5.74) is 0.998. The average Bonchev–Trinajstić information content (AvgIpc) is 2.26. The van der Waals surface area contributed by atoms with E-state index in [1.54, 1.807) is 0 Å². The van der Waals surface area contributed by atoms with Gasteiger partial charge in [-0.1, -0.05) is 30.3 Å². The van der Waals surface area contributed by atoms with Crippen molar-refractivity contribution in [3.05, 3.63) is 48.1 Å². The molecule has 1 atom stereocenters. The zero-order chi connectivity index (χ0) is 10.4. The van der Waals surface area contributed by atoms with Crippen LogP contribution in [0.3, 0.4) is 0 Å². The Hall–Kier alpha value is -1.22. The summed E-state index contributed by atoms with van der Waals surface area (Å²) in [5, 5.41) is 9.10. The lowest BCUT2D eigenvalue weighted by Crippen LogP contribution is -2.08. The Kier molecular flexibility index (Phi) is 4.26. The fraction of sp³-hybridized carbons (Fsp3) is 0.273. The SMILES string of the molecule is O[C@H](CCc1ccccc1)/C(F)=C/F. The number of aliphatic hydroxyl groups is 1. The molecule has 1 rings (SSSR count). The van der Waals surface area contributed by atoms with Crippen molar-refractivity contribution in [2.24, 2.45) is 0 Å². The second kappa shape index (κ2) is 5.50. The molecule has 0 saturated carbocycles. The lowest BCUT2D eigenvalue weighted by atomic mass is 10.1. The van der Waals surface area contributed by atoms with Crippen molar-refractivity contribution in [1.82, 2.24) is 0 Å². The molecular formula is C11H12F2O. The maximum absolute atomic E-state index is 12.5.